The Kier molecular flexibility index (Phi) is 5.21. The van der Waals surface area contributed by atoms with Crippen LogP contribution >= 0.6 is 0 Å². The number of nitrogens with one attached hydrogen (secondary N) is 2. The first kappa shape index (κ1) is 21.9. The Bertz CT molecular complexity index is 1700. The number of imidazole rings is 1. The third kappa shape index (κ3) is 4.30. The van der Waals surface area contributed by atoms with E-state index in [9.17, 15) is 23.4 Å². The SMILES string of the molecule is CS(=O)(=O)Nc1cccc(-c2cc(=NC3CC3)n3ncc(=Cc4[nH]c(=O)n(CO)c4O)c3n2)c1. The molecule has 3 heterocycles. The maximum Gasteiger partial charge on any atom is 0.330 e. The number of aromatic hydroxyl groups is 1. The highest BCUT2D eigenvalue weighted by Gasteiger charge is 2.20. The molecular formula is C21H21N7O5S. The fourth-order valence-electron chi connectivity index (χ4n) is 3.52. The van der Waals surface area contributed by atoms with E-state index in [0.717, 1.165) is 23.7 Å². The van der Waals surface area contributed by atoms with Gasteiger partial charge in [0.15, 0.2) is 11.1 Å². The molecule has 0 atom stereocenters. The van der Waals surface area contributed by atoms with E-state index in [0.29, 0.717) is 33.3 Å². The van der Waals surface area contributed by atoms with E-state index >= 15 is 0 Å². The number of rotatable bonds is 6. The highest BCUT2D eigenvalue weighted by atomic mass is 32.2. The van der Waals surface area contributed by atoms with Crippen molar-refractivity contribution in [2.24, 2.45) is 4.99 Å². The lowest BCUT2D eigenvalue weighted by Crippen LogP contribution is -2.19. The molecule has 0 saturated heterocycles. The van der Waals surface area contributed by atoms with E-state index in [4.69, 9.17) is 9.98 Å². The van der Waals surface area contributed by atoms with E-state index in [1.54, 1.807) is 34.8 Å². The number of anilines is 1. The van der Waals surface area contributed by atoms with Crippen LogP contribution in [-0.2, 0) is 16.8 Å². The zero-order valence-electron chi connectivity index (χ0n) is 18.0. The second-order valence-electron chi connectivity index (χ2n) is 8.03. The smallest absolute Gasteiger partial charge is 0.330 e. The maximum atomic E-state index is 11.9. The van der Waals surface area contributed by atoms with Crippen molar-refractivity contribution in [3.05, 3.63) is 63.4 Å². The van der Waals surface area contributed by atoms with Gasteiger partial charge in [-0.1, -0.05) is 12.1 Å². The van der Waals surface area contributed by atoms with Crippen LogP contribution in [0.1, 0.15) is 18.5 Å². The molecule has 1 aliphatic rings. The molecule has 0 unspecified atom stereocenters. The summed E-state index contributed by atoms with van der Waals surface area (Å²) in [6.07, 6.45) is 6.08. The predicted octanol–water partition coefficient (Wildman–Crippen LogP) is -0.476. The van der Waals surface area contributed by atoms with Crippen LogP contribution in [0.3, 0.4) is 0 Å². The second kappa shape index (κ2) is 8.11. The van der Waals surface area contributed by atoms with Gasteiger partial charge in [-0.15, -0.1) is 0 Å². The van der Waals surface area contributed by atoms with Crippen LogP contribution in [-0.4, -0.2) is 55.1 Å². The number of hydrogen-bond acceptors (Lipinski definition) is 8. The van der Waals surface area contributed by atoms with Crippen molar-refractivity contribution in [3.8, 4) is 17.1 Å². The van der Waals surface area contributed by atoms with E-state index in [1.165, 1.54) is 12.3 Å². The molecular weight excluding hydrogens is 462 g/mol. The van der Waals surface area contributed by atoms with Crippen LogP contribution in [0, 0.1) is 0 Å². The molecule has 13 heteroatoms. The molecule has 1 aliphatic carbocycles. The summed E-state index contributed by atoms with van der Waals surface area (Å²) < 4.78 is 28.1. The largest absolute Gasteiger partial charge is 0.493 e. The van der Waals surface area contributed by atoms with Gasteiger partial charge in [-0.2, -0.15) is 9.61 Å². The predicted molar refractivity (Wildman–Crippen MR) is 123 cm³/mol. The number of sulfonamides is 1. The van der Waals surface area contributed by atoms with E-state index in [-0.39, 0.29) is 11.7 Å². The number of nitrogens with zero attached hydrogens (tertiary/aromatic N) is 5. The van der Waals surface area contributed by atoms with Crippen molar-refractivity contribution in [2.45, 2.75) is 25.6 Å². The van der Waals surface area contributed by atoms with Crippen molar-refractivity contribution in [1.82, 2.24) is 24.1 Å². The summed E-state index contributed by atoms with van der Waals surface area (Å²) >= 11 is 0. The van der Waals surface area contributed by atoms with Gasteiger partial charge in [-0.05, 0) is 31.1 Å². The normalized spacial score (nSPS) is 15.4. The minimum Gasteiger partial charge on any atom is -0.493 e. The first-order valence-corrected chi connectivity index (χ1v) is 12.3. The van der Waals surface area contributed by atoms with Gasteiger partial charge in [0.05, 0.1) is 24.2 Å². The lowest BCUT2D eigenvalue weighted by molar-refractivity contribution is 0.192. The van der Waals surface area contributed by atoms with Crippen molar-refractivity contribution in [1.29, 1.82) is 0 Å². The van der Waals surface area contributed by atoms with Gasteiger partial charge >= 0.3 is 5.69 Å². The summed E-state index contributed by atoms with van der Waals surface area (Å²) in [5.41, 5.74) is 2.06. The minimum atomic E-state index is -3.45. The molecule has 4 aromatic rings. The highest BCUT2D eigenvalue weighted by Crippen LogP contribution is 2.24. The van der Waals surface area contributed by atoms with Crippen LogP contribution in [0.15, 0.2) is 46.3 Å². The number of fused-ring (bicyclic) bond motifs is 1. The molecule has 5 rings (SSSR count). The first-order chi connectivity index (χ1) is 16.2. The third-order valence-corrected chi connectivity index (χ3v) is 5.83. The van der Waals surface area contributed by atoms with E-state index in [1.807, 2.05) is 0 Å². The summed E-state index contributed by atoms with van der Waals surface area (Å²) in [6, 6.07) is 8.82. The molecule has 0 spiro atoms. The zero-order valence-corrected chi connectivity index (χ0v) is 18.8. The molecule has 0 aliphatic heterocycles. The lowest BCUT2D eigenvalue weighted by atomic mass is 10.1. The number of aliphatic hydroxyl groups excluding tert-OH is 1. The molecule has 176 valence electrons. The van der Waals surface area contributed by atoms with Crippen molar-refractivity contribution in [3.63, 3.8) is 0 Å². The Balaban J connectivity index is 1.71. The van der Waals surface area contributed by atoms with Gasteiger partial charge in [0.1, 0.15) is 12.4 Å². The number of aliphatic hydroxyl groups is 1. The third-order valence-electron chi connectivity index (χ3n) is 5.23. The first-order valence-electron chi connectivity index (χ1n) is 10.4. The quantitative estimate of drug-likeness (QED) is 0.287. The van der Waals surface area contributed by atoms with Gasteiger partial charge in [0, 0.05) is 22.5 Å². The summed E-state index contributed by atoms with van der Waals surface area (Å²) in [6.45, 7) is -0.672. The molecule has 1 saturated carbocycles. The molecule has 12 nitrogen and oxygen atoms in total. The Morgan fingerprint density at radius 3 is 2.79 bits per heavy atom. The van der Waals surface area contributed by atoms with Crippen molar-refractivity contribution < 1.29 is 18.6 Å². The summed E-state index contributed by atoms with van der Waals surface area (Å²) in [5.74, 6) is -0.412. The fourth-order valence-corrected chi connectivity index (χ4v) is 4.08. The molecule has 4 N–H and O–H groups in total. The monoisotopic (exact) mass is 483 g/mol. The number of aromatic nitrogens is 5. The van der Waals surface area contributed by atoms with Crippen LogP contribution in [0.25, 0.3) is 23.0 Å². The number of hydrogen-bond donors (Lipinski definition) is 4. The molecule has 0 bridgehead atoms. The zero-order chi connectivity index (χ0) is 24.0. The van der Waals surface area contributed by atoms with Gasteiger partial charge in [0.2, 0.25) is 15.9 Å². The summed E-state index contributed by atoms with van der Waals surface area (Å²) in [7, 11) is -3.45. The molecule has 1 aromatic carbocycles. The molecule has 34 heavy (non-hydrogen) atoms. The average molecular weight is 484 g/mol. The molecule has 0 amide bonds. The van der Waals surface area contributed by atoms with E-state index < -0.39 is 28.3 Å². The number of benzene rings is 1. The van der Waals surface area contributed by atoms with Crippen LogP contribution in [0.2, 0.25) is 0 Å². The van der Waals surface area contributed by atoms with E-state index in [2.05, 4.69) is 14.8 Å². The van der Waals surface area contributed by atoms with Crippen molar-refractivity contribution in [2.75, 3.05) is 11.0 Å². The lowest BCUT2D eigenvalue weighted by Gasteiger charge is -2.07. The average Bonchev–Trinajstić information content (AvgIpc) is 3.43. The Hall–Kier alpha value is -3.97. The van der Waals surface area contributed by atoms with Gasteiger partial charge < -0.3 is 15.2 Å². The van der Waals surface area contributed by atoms with Gasteiger partial charge in [0.25, 0.3) is 0 Å². The highest BCUT2D eigenvalue weighted by molar-refractivity contribution is 7.92. The topological polar surface area (TPSA) is 167 Å². The number of aromatic amines is 1. The second-order valence-corrected chi connectivity index (χ2v) is 9.78. The molecule has 3 aromatic heterocycles. The summed E-state index contributed by atoms with van der Waals surface area (Å²) in [4.78, 5) is 23.8. The number of H-pyrrole nitrogens is 1. The van der Waals surface area contributed by atoms with Gasteiger partial charge in [-0.25, -0.2) is 22.8 Å². The molecule has 0 radical (unpaired) electrons. The summed E-state index contributed by atoms with van der Waals surface area (Å²) in [5, 5.41) is 24.4. The Morgan fingerprint density at radius 1 is 1.32 bits per heavy atom. The Morgan fingerprint density at radius 2 is 2.12 bits per heavy atom. The van der Waals surface area contributed by atoms with Gasteiger partial charge in [-0.3, -0.25) is 9.71 Å². The fraction of sp³-hybridized carbons (Fsp3) is 0.238. The van der Waals surface area contributed by atoms with Crippen molar-refractivity contribution >= 4 is 27.4 Å². The van der Waals surface area contributed by atoms with Crippen LogP contribution in [0.4, 0.5) is 5.69 Å². The molecule has 1 fully saturated rings. The van der Waals surface area contributed by atoms with Crippen LogP contribution < -0.4 is 21.1 Å². The Labute approximate surface area is 192 Å². The maximum absolute atomic E-state index is 11.9. The minimum absolute atomic E-state index is 0.0983. The van der Waals surface area contributed by atoms with Crippen LogP contribution in [0.5, 0.6) is 5.88 Å². The standard InChI is InChI=1S/C21H21N7O5S/c1-34(32,33)26-15-4-2-3-12(7-15)16-9-18(23-14-5-6-14)28-19(24-16)13(10-22-28)8-17-20(30)27(11-29)21(31)25-17/h2-4,7-10,14,26,29-30H,5-6,11H2,1H3,(H,25,31).